The molecule has 1 fully saturated rings. The second-order valence-electron chi connectivity index (χ2n) is 6.91. The number of likely N-dealkylation sites (N-methyl/N-ethyl adjacent to an activating group) is 1. The largest absolute Gasteiger partial charge is 0.481 e. The highest BCUT2D eigenvalue weighted by Gasteiger charge is 2.40. The quantitative estimate of drug-likeness (QED) is 0.798. The van der Waals surface area contributed by atoms with E-state index in [-0.39, 0.29) is 11.9 Å². The third-order valence-electron chi connectivity index (χ3n) is 4.90. The van der Waals surface area contributed by atoms with E-state index in [9.17, 15) is 4.79 Å². The monoisotopic (exact) mass is 326 g/mol. The van der Waals surface area contributed by atoms with Gasteiger partial charge in [-0.05, 0) is 45.5 Å². The van der Waals surface area contributed by atoms with Crippen LogP contribution >= 0.6 is 0 Å². The van der Waals surface area contributed by atoms with Crippen molar-refractivity contribution in [1.29, 1.82) is 0 Å². The second-order valence-corrected chi connectivity index (χ2v) is 6.91. The van der Waals surface area contributed by atoms with Crippen molar-refractivity contribution in [2.24, 2.45) is 0 Å². The van der Waals surface area contributed by atoms with Crippen LogP contribution in [-0.4, -0.2) is 54.5 Å². The Labute approximate surface area is 144 Å². The first-order valence-corrected chi connectivity index (χ1v) is 8.58. The van der Waals surface area contributed by atoms with Gasteiger partial charge in [0.15, 0.2) is 0 Å². The smallest absolute Gasteiger partial charge is 0.240 e. The molecule has 1 aromatic rings. The fourth-order valence-corrected chi connectivity index (χ4v) is 3.56. The minimum atomic E-state index is -0.396. The molecule has 0 saturated carbocycles. The number of rotatable bonds is 4. The standard InChI is InChI=1S/C20H26N2O2/c1-4-8-17(21(2)3)19(23)22-14-7-12-20(15-22)13-11-16-9-5-6-10-18(16)24-20/h4-6,9-11,13,17H,1,7-8,12,14-15H2,2-3H3. The summed E-state index contributed by atoms with van der Waals surface area (Å²) in [5, 5.41) is 0. The van der Waals surface area contributed by atoms with Crippen molar-refractivity contribution in [1.82, 2.24) is 9.80 Å². The normalized spacial score (nSPS) is 23.7. The van der Waals surface area contributed by atoms with Crippen LogP contribution in [0.5, 0.6) is 5.75 Å². The molecular formula is C20H26N2O2. The van der Waals surface area contributed by atoms with Crippen LogP contribution in [0.1, 0.15) is 24.8 Å². The molecule has 0 bridgehead atoms. The van der Waals surface area contributed by atoms with Gasteiger partial charge in [-0.1, -0.05) is 30.4 Å². The van der Waals surface area contributed by atoms with E-state index in [1.54, 1.807) is 0 Å². The number of benzene rings is 1. The van der Waals surface area contributed by atoms with Gasteiger partial charge in [0.2, 0.25) is 5.91 Å². The van der Waals surface area contributed by atoms with Crippen LogP contribution in [0.3, 0.4) is 0 Å². The van der Waals surface area contributed by atoms with E-state index >= 15 is 0 Å². The van der Waals surface area contributed by atoms with Crippen LogP contribution in [0.2, 0.25) is 0 Å². The minimum Gasteiger partial charge on any atom is -0.481 e. The molecule has 2 aliphatic rings. The first-order chi connectivity index (χ1) is 11.5. The molecule has 2 aliphatic heterocycles. The van der Waals surface area contributed by atoms with Crippen LogP contribution < -0.4 is 4.74 Å². The maximum Gasteiger partial charge on any atom is 0.240 e. The van der Waals surface area contributed by atoms with E-state index in [1.807, 2.05) is 48.2 Å². The number of nitrogens with zero attached hydrogens (tertiary/aromatic N) is 2. The summed E-state index contributed by atoms with van der Waals surface area (Å²) in [6, 6.07) is 7.90. The molecule has 1 aromatic carbocycles. The van der Waals surface area contributed by atoms with Crippen LogP contribution in [0.25, 0.3) is 6.08 Å². The van der Waals surface area contributed by atoms with Gasteiger partial charge in [0, 0.05) is 12.1 Å². The summed E-state index contributed by atoms with van der Waals surface area (Å²) >= 11 is 0. The van der Waals surface area contributed by atoms with Gasteiger partial charge < -0.3 is 9.64 Å². The first kappa shape index (κ1) is 16.8. The number of fused-ring (bicyclic) bond motifs is 1. The van der Waals surface area contributed by atoms with E-state index in [1.165, 1.54) is 0 Å². The Morgan fingerprint density at radius 3 is 3.00 bits per heavy atom. The molecular weight excluding hydrogens is 300 g/mol. The molecule has 0 radical (unpaired) electrons. The van der Waals surface area contributed by atoms with Crippen molar-refractivity contribution < 1.29 is 9.53 Å². The molecule has 0 aromatic heterocycles. The summed E-state index contributed by atoms with van der Waals surface area (Å²) < 4.78 is 6.33. The Morgan fingerprint density at radius 2 is 2.25 bits per heavy atom. The van der Waals surface area contributed by atoms with Gasteiger partial charge in [0.05, 0.1) is 12.6 Å². The number of ether oxygens (including phenoxy) is 1. The third kappa shape index (κ3) is 3.24. The maximum atomic E-state index is 13.0. The van der Waals surface area contributed by atoms with Crippen molar-refractivity contribution in [3.63, 3.8) is 0 Å². The van der Waals surface area contributed by atoms with Crippen molar-refractivity contribution in [3.8, 4) is 5.75 Å². The van der Waals surface area contributed by atoms with Gasteiger partial charge in [-0.3, -0.25) is 9.69 Å². The highest BCUT2D eigenvalue weighted by molar-refractivity contribution is 5.82. The Balaban J connectivity index is 1.78. The van der Waals surface area contributed by atoms with Crippen molar-refractivity contribution >= 4 is 12.0 Å². The fourth-order valence-electron chi connectivity index (χ4n) is 3.56. The summed E-state index contributed by atoms with van der Waals surface area (Å²) in [7, 11) is 3.89. The minimum absolute atomic E-state index is 0.155. The Hall–Kier alpha value is -2.07. The molecule has 4 nitrogen and oxygen atoms in total. The zero-order valence-electron chi connectivity index (χ0n) is 14.6. The lowest BCUT2D eigenvalue weighted by atomic mass is 9.89. The Morgan fingerprint density at radius 1 is 1.46 bits per heavy atom. The number of carbonyl (C=O) groups excluding carboxylic acids is 1. The lowest BCUT2D eigenvalue weighted by molar-refractivity contribution is -0.140. The van der Waals surface area contributed by atoms with Crippen LogP contribution in [0.15, 0.2) is 43.0 Å². The van der Waals surface area contributed by atoms with Crippen LogP contribution in [-0.2, 0) is 4.79 Å². The maximum absolute atomic E-state index is 13.0. The highest BCUT2D eigenvalue weighted by atomic mass is 16.5. The predicted molar refractivity (Wildman–Crippen MR) is 96.9 cm³/mol. The predicted octanol–water partition coefficient (Wildman–Crippen LogP) is 2.96. The summed E-state index contributed by atoms with van der Waals surface area (Å²) in [5.74, 6) is 1.07. The molecule has 0 N–H and O–H groups in total. The topological polar surface area (TPSA) is 32.8 Å². The van der Waals surface area contributed by atoms with Gasteiger partial charge in [-0.15, -0.1) is 6.58 Å². The SMILES string of the molecule is C=CCC(C(=O)N1CCCC2(C=Cc3ccccc3O2)C1)N(C)C. The number of hydrogen-bond acceptors (Lipinski definition) is 3. The second kappa shape index (κ2) is 6.81. The zero-order chi connectivity index (χ0) is 17.2. The van der Waals surface area contributed by atoms with Crippen LogP contribution in [0, 0.1) is 0 Å². The lowest BCUT2D eigenvalue weighted by Gasteiger charge is -2.44. The highest BCUT2D eigenvalue weighted by Crippen LogP contribution is 2.36. The number of hydrogen-bond donors (Lipinski definition) is 0. The number of carbonyl (C=O) groups is 1. The lowest BCUT2D eigenvalue weighted by Crippen LogP contribution is -2.56. The molecule has 4 heteroatoms. The molecule has 2 atom stereocenters. The molecule has 1 spiro atoms. The van der Waals surface area contributed by atoms with E-state index in [2.05, 4.69) is 24.8 Å². The van der Waals surface area contributed by atoms with E-state index in [4.69, 9.17) is 4.74 Å². The molecule has 128 valence electrons. The molecule has 0 aliphatic carbocycles. The third-order valence-corrected chi connectivity index (χ3v) is 4.90. The molecule has 3 rings (SSSR count). The average molecular weight is 326 g/mol. The Kier molecular flexibility index (Phi) is 4.76. The van der Waals surface area contributed by atoms with E-state index < -0.39 is 5.60 Å². The summed E-state index contributed by atoms with van der Waals surface area (Å²) in [6.45, 7) is 5.19. The zero-order valence-corrected chi connectivity index (χ0v) is 14.6. The van der Waals surface area contributed by atoms with Crippen molar-refractivity contribution in [2.45, 2.75) is 30.9 Å². The van der Waals surface area contributed by atoms with Gasteiger partial charge in [0.1, 0.15) is 11.4 Å². The summed E-state index contributed by atoms with van der Waals surface area (Å²) in [5.41, 5.74) is 0.706. The summed E-state index contributed by atoms with van der Waals surface area (Å²) in [4.78, 5) is 16.9. The van der Waals surface area contributed by atoms with E-state index in [0.717, 1.165) is 30.7 Å². The van der Waals surface area contributed by atoms with Gasteiger partial charge in [-0.2, -0.15) is 0 Å². The van der Waals surface area contributed by atoms with Gasteiger partial charge >= 0.3 is 0 Å². The number of amides is 1. The van der Waals surface area contributed by atoms with Crippen molar-refractivity contribution in [2.75, 3.05) is 27.2 Å². The molecule has 1 amide bonds. The first-order valence-electron chi connectivity index (χ1n) is 8.58. The molecule has 2 unspecified atom stereocenters. The summed E-state index contributed by atoms with van der Waals surface area (Å²) in [6.07, 6.45) is 8.62. The van der Waals surface area contributed by atoms with Gasteiger partial charge in [-0.25, -0.2) is 0 Å². The van der Waals surface area contributed by atoms with Gasteiger partial charge in [0.25, 0.3) is 0 Å². The van der Waals surface area contributed by atoms with Crippen molar-refractivity contribution in [3.05, 3.63) is 48.6 Å². The number of piperidine rings is 1. The van der Waals surface area contributed by atoms with Crippen LogP contribution in [0.4, 0.5) is 0 Å². The molecule has 2 heterocycles. The molecule has 24 heavy (non-hydrogen) atoms. The molecule has 1 saturated heterocycles. The average Bonchev–Trinajstić information content (AvgIpc) is 2.59. The number of para-hydroxylation sites is 1. The fraction of sp³-hybridized carbons (Fsp3) is 0.450. The number of likely N-dealkylation sites (tertiary alicyclic amines) is 1. The Bertz CT molecular complexity index is 653. The van der Waals surface area contributed by atoms with E-state index in [0.29, 0.717) is 13.0 Å².